The van der Waals surface area contributed by atoms with Crippen LogP contribution in [0.3, 0.4) is 0 Å². The number of benzene rings is 1. The molecule has 2 amide bonds. The Morgan fingerprint density at radius 1 is 1.03 bits per heavy atom. The van der Waals surface area contributed by atoms with Crippen LogP contribution in [0.15, 0.2) is 64.4 Å². The van der Waals surface area contributed by atoms with Crippen molar-refractivity contribution in [2.75, 3.05) is 5.43 Å². The van der Waals surface area contributed by atoms with Gasteiger partial charge in [-0.05, 0) is 44.0 Å². The molecule has 2 aromatic heterocycles. The third-order valence-corrected chi connectivity index (χ3v) is 4.86. The lowest BCUT2D eigenvalue weighted by molar-refractivity contribution is 0.0930. The molecular formula is C22H21N5O3. The summed E-state index contributed by atoms with van der Waals surface area (Å²) in [5, 5.41) is 4.32. The average Bonchev–Trinajstić information content (AvgIpc) is 3.14. The van der Waals surface area contributed by atoms with Crippen LogP contribution in [-0.4, -0.2) is 22.5 Å². The monoisotopic (exact) mass is 403 g/mol. The highest BCUT2D eigenvalue weighted by Gasteiger charge is 2.28. The number of hydrogen-bond acceptors (Lipinski definition) is 6. The molecule has 4 rings (SSSR count). The maximum atomic E-state index is 12.6. The first-order chi connectivity index (χ1) is 14.6. The van der Waals surface area contributed by atoms with Gasteiger partial charge >= 0.3 is 5.91 Å². The van der Waals surface area contributed by atoms with Gasteiger partial charge in [0, 0.05) is 35.5 Å². The van der Waals surface area contributed by atoms with Crippen LogP contribution >= 0.6 is 0 Å². The number of hydrazine groups is 1. The lowest BCUT2D eigenvalue weighted by Gasteiger charge is -2.13. The summed E-state index contributed by atoms with van der Waals surface area (Å²) in [4.78, 5) is 28.8. The van der Waals surface area contributed by atoms with E-state index >= 15 is 0 Å². The lowest BCUT2D eigenvalue weighted by atomic mass is 9.93. The van der Waals surface area contributed by atoms with Crippen LogP contribution in [0.25, 0.3) is 0 Å². The number of pyridine rings is 1. The molecule has 0 spiro atoms. The predicted molar refractivity (Wildman–Crippen MR) is 112 cm³/mol. The topological polar surface area (TPSA) is 109 Å². The van der Waals surface area contributed by atoms with E-state index < -0.39 is 0 Å². The highest BCUT2D eigenvalue weighted by molar-refractivity contribution is 6.07. The number of aryl methyl sites for hydroxylation is 1. The SMILES string of the molecule is Cc1c(C(=O)NNc2ccccc2)oc2c1/C(=N/NC(=O)c1ccncc1)CCC2. The number of nitrogens with zero attached hydrogens (tertiary/aromatic N) is 2. The molecule has 0 atom stereocenters. The highest BCUT2D eigenvalue weighted by atomic mass is 16.4. The predicted octanol–water partition coefficient (Wildman–Crippen LogP) is 3.21. The van der Waals surface area contributed by atoms with Crippen molar-refractivity contribution in [3.8, 4) is 0 Å². The van der Waals surface area contributed by atoms with Crippen molar-refractivity contribution in [2.45, 2.75) is 26.2 Å². The standard InChI is InChI=1S/C22H21N5O3/c1-14-19-17(25-26-21(28)15-10-12-23-13-11-15)8-5-9-18(19)30-20(14)22(29)27-24-16-6-3-2-4-7-16/h2-4,6-7,10-13,24H,5,8-9H2,1H3,(H,26,28)(H,27,29)/b25-17+. The van der Waals surface area contributed by atoms with Crippen LogP contribution in [0.5, 0.6) is 0 Å². The first-order valence-corrected chi connectivity index (χ1v) is 9.64. The number of carbonyl (C=O) groups is 2. The van der Waals surface area contributed by atoms with Crippen molar-refractivity contribution in [1.29, 1.82) is 0 Å². The summed E-state index contributed by atoms with van der Waals surface area (Å²) in [7, 11) is 0. The number of furan rings is 1. The van der Waals surface area contributed by atoms with E-state index in [1.807, 2.05) is 37.3 Å². The minimum absolute atomic E-state index is 0.235. The molecule has 152 valence electrons. The van der Waals surface area contributed by atoms with Crippen LogP contribution in [0, 0.1) is 6.92 Å². The lowest BCUT2D eigenvalue weighted by Crippen LogP contribution is -2.29. The van der Waals surface area contributed by atoms with Crippen LogP contribution in [0.2, 0.25) is 0 Å². The summed E-state index contributed by atoms with van der Waals surface area (Å²) in [6, 6.07) is 12.6. The molecule has 1 aliphatic carbocycles. The fourth-order valence-corrected chi connectivity index (χ4v) is 3.39. The summed E-state index contributed by atoms with van der Waals surface area (Å²) < 4.78 is 5.85. The normalized spacial score (nSPS) is 14.1. The van der Waals surface area contributed by atoms with E-state index in [-0.39, 0.29) is 17.6 Å². The molecule has 2 heterocycles. The van der Waals surface area contributed by atoms with Gasteiger partial charge in [-0.15, -0.1) is 0 Å². The van der Waals surface area contributed by atoms with Gasteiger partial charge in [0.2, 0.25) is 0 Å². The largest absolute Gasteiger partial charge is 0.455 e. The van der Waals surface area contributed by atoms with E-state index in [0.29, 0.717) is 35.4 Å². The van der Waals surface area contributed by atoms with Gasteiger partial charge in [-0.1, -0.05) is 18.2 Å². The number of rotatable bonds is 5. The zero-order valence-electron chi connectivity index (χ0n) is 16.4. The molecule has 0 saturated heterocycles. The summed E-state index contributed by atoms with van der Waals surface area (Å²) >= 11 is 0. The minimum atomic E-state index is -0.370. The number of para-hydroxylation sites is 1. The second-order valence-corrected chi connectivity index (χ2v) is 6.89. The number of anilines is 1. The number of hydrazone groups is 1. The van der Waals surface area contributed by atoms with Crippen LogP contribution in [-0.2, 0) is 6.42 Å². The maximum absolute atomic E-state index is 12.6. The third kappa shape index (κ3) is 4.07. The van der Waals surface area contributed by atoms with E-state index in [4.69, 9.17) is 4.42 Å². The van der Waals surface area contributed by atoms with Crippen molar-refractivity contribution in [3.05, 3.63) is 83.1 Å². The molecule has 1 aliphatic rings. The molecule has 0 aliphatic heterocycles. The number of hydrogen-bond donors (Lipinski definition) is 3. The number of nitrogens with one attached hydrogen (secondary N) is 3. The van der Waals surface area contributed by atoms with Gasteiger partial charge in [-0.25, -0.2) is 5.43 Å². The van der Waals surface area contributed by atoms with E-state index in [2.05, 4.69) is 26.4 Å². The highest BCUT2D eigenvalue weighted by Crippen LogP contribution is 2.29. The molecule has 3 aromatic rings. The Hall–Kier alpha value is -3.94. The average molecular weight is 403 g/mol. The molecule has 0 fully saturated rings. The second kappa shape index (κ2) is 8.60. The molecule has 0 radical (unpaired) electrons. The van der Waals surface area contributed by atoms with Crippen molar-refractivity contribution >= 4 is 23.2 Å². The van der Waals surface area contributed by atoms with Gasteiger partial charge in [0.25, 0.3) is 5.91 Å². The van der Waals surface area contributed by atoms with E-state index in [0.717, 1.165) is 17.7 Å². The Labute approximate surface area is 173 Å². The Balaban J connectivity index is 1.51. The van der Waals surface area contributed by atoms with Gasteiger partial charge in [0.05, 0.1) is 11.4 Å². The van der Waals surface area contributed by atoms with Gasteiger partial charge in [0.1, 0.15) is 5.76 Å². The van der Waals surface area contributed by atoms with Crippen molar-refractivity contribution in [2.24, 2.45) is 5.10 Å². The Kier molecular flexibility index (Phi) is 5.56. The third-order valence-electron chi connectivity index (χ3n) is 4.86. The van der Waals surface area contributed by atoms with Crippen molar-refractivity contribution in [3.63, 3.8) is 0 Å². The molecule has 8 heteroatoms. The molecule has 0 saturated carbocycles. The molecule has 0 bridgehead atoms. The Morgan fingerprint density at radius 3 is 2.57 bits per heavy atom. The first-order valence-electron chi connectivity index (χ1n) is 9.64. The van der Waals surface area contributed by atoms with Gasteiger partial charge in [0.15, 0.2) is 5.76 Å². The van der Waals surface area contributed by atoms with Gasteiger partial charge in [-0.3, -0.25) is 25.4 Å². The fourth-order valence-electron chi connectivity index (χ4n) is 3.39. The molecule has 3 N–H and O–H groups in total. The van der Waals surface area contributed by atoms with Crippen molar-refractivity contribution in [1.82, 2.24) is 15.8 Å². The van der Waals surface area contributed by atoms with E-state index in [9.17, 15) is 9.59 Å². The minimum Gasteiger partial charge on any atom is -0.455 e. The molecular weight excluding hydrogens is 382 g/mol. The molecule has 30 heavy (non-hydrogen) atoms. The summed E-state index contributed by atoms with van der Waals surface area (Å²) in [5.41, 5.74) is 11.5. The number of amides is 2. The zero-order valence-corrected chi connectivity index (χ0v) is 16.4. The number of aromatic nitrogens is 1. The Bertz CT molecular complexity index is 1090. The number of fused-ring (bicyclic) bond motifs is 1. The Morgan fingerprint density at radius 2 is 1.80 bits per heavy atom. The van der Waals surface area contributed by atoms with Gasteiger partial charge < -0.3 is 4.42 Å². The van der Waals surface area contributed by atoms with Crippen LogP contribution in [0.4, 0.5) is 5.69 Å². The fraction of sp³-hybridized carbons (Fsp3) is 0.182. The second-order valence-electron chi connectivity index (χ2n) is 6.89. The zero-order chi connectivity index (χ0) is 20.9. The van der Waals surface area contributed by atoms with E-state index in [1.54, 1.807) is 24.5 Å². The summed E-state index contributed by atoms with van der Waals surface area (Å²) in [6.45, 7) is 1.82. The van der Waals surface area contributed by atoms with E-state index in [1.165, 1.54) is 0 Å². The summed E-state index contributed by atoms with van der Waals surface area (Å²) in [5.74, 6) is 0.258. The number of carbonyl (C=O) groups excluding carboxylic acids is 2. The first kappa shape index (κ1) is 19.4. The molecule has 1 aromatic carbocycles. The molecule has 8 nitrogen and oxygen atoms in total. The smallest absolute Gasteiger partial charge is 0.305 e. The van der Waals surface area contributed by atoms with Crippen LogP contribution < -0.4 is 16.3 Å². The maximum Gasteiger partial charge on any atom is 0.305 e. The van der Waals surface area contributed by atoms with Crippen molar-refractivity contribution < 1.29 is 14.0 Å². The van der Waals surface area contributed by atoms with Crippen LogP contribution in [0.1, 0.15) is 50.6 Å². The van der Waals surface area contributed by atoms with Gasteiger partial charge in [-0.2, -0.15) is 5.10 Å². The summed E-state index contributed by atoms with van der Waals surface area (Å²) in [6.07, 6.45) is 5.33. The molecule has 0 unspecified atom stereocenters. The quantitative estimate of drug-likeness (QED) is 0.567.